The molecule has 2 saturated carbocycles. The van der Waals surface area contributed by atoms with Crippen molar-refractivity contribution in [3.8, 4) is 5.75 Å². The minimum absolute atomic E-state index is 0.0754. The van der Waals surface area contributed by atoms with Gasteiger partial charge in [0.2, 0.25) is 0 Å². The fourth-order valence-electron chi connectivity index (χ4n) is 6.09. The molecule has 4 rings (SSSR count). The zero-order chi connectivity index (χ0) is 24.8. The van der Waals surface area contributed by atoms with Crippen molar-refractivity contribution >= 4 is 0 Å². The molecule has 192 valence electrons. The average molecular weight is 489 g/mol. The van der Waals surface area contributed by atoms with Crippen molar-refractivity contribution in [1.82, 2.24) is 0 Å². The lowest BCUT2D eigenvalue weighted by Gasteiger charge is -2.31. The van der Waals surface area contributed by atoms with Crippen LogP contribution in [0.25, 0.3) is 0 Å². The van der Waals surface area contributed by atoms with Crippen LogP contribution in [-0.4, -0.2) is 19.3 Å². The van der Waals surface area contributed by atoms with E-state index in [1.807, 2.05) is 32.0 Å². The second-order valence-corrected chi connectivity index (χ2v) is 10.3. The highest BCUT2D eigenvalue weighted by Crippen LogP contribution is 2.41. The highest BCUT2D eigenvalue weighted by Gasteiger charge is 2.29. The van der Waals surface area contributed by atoms with E-state index in [0.29, 0.717) is 36.0 Å². The van der Waals surface area contributed by atoms with E-state index in [2.05, 4.69) is 0 Å². The van der Waals surface area contributed by atoms with E-state index in [9.17, 15) is 4.39 Å². The van der Waals surface area contributed by atoms with Crippen LogP contribution in [0.1, 0.15) is 100 Å². The molecule has 0 aliphatic heterocycles. The van der Waals surface area contributed by atoms with Gasteiger partial charge < -0.3 is 9.47 Å². The van der Waals surface area contributed by atoms with E-state index in [1.165, 1.54) is 0 Å². The van der Waals surface area contributed by atoms with Gasteiger partial charge in [-0.1, -0.05) is 18.2 Å². The SMILES string of the molecule is CCOc1ccc(CCC2CCC(c3ccc(C4CCC(OCC)CC4)c(F)c3F)CC2)cc1F. The van der Waals surface area contributed by atoms with E-state index in [-0.39, 0.29) is 23.8 Å². The summed E-state index contributed by atoms with van der Waals surface area (Å²) in [5.41, 5.74) is 2.06. The van der Waals surface area contributed by atoms with E-state index < -0.39 is 11.6 Å². The summed E-state index contributed by atoms with van der Waals surface area (Å²) in [4.78, 5) is 0. The van der Waals surface area contributed by atoms with E-state index in [0.717, 1.165) is 69.8 Å². The number of benzene rings is 2. The molecule has 35 heavy (non-hydrogen) atoms. The Morgan fingerprint density at radius 2 is 1.34 bits per heavy atom. The zero-order valence-electron chi connectivity index (χ0n) is 21.1. The Hall–Kier alpha value is -2.01. The third-order valence-electron chi connectivity index (χ3n) is 8.08. The molecule has 0 spiro atoms. The summed E-state index contributed by atoms with van der Waals surface area (Å²) in [5.74, 6) is -0.588. The van der Waals surface area contributed by atoms with Crippen LogP contribution in [-0.2, 0) is 11.2 Å². The highest BCUT2D eigenvalue weighted by molar-refractivity contribution is 5.32. The summed E-state index contributed by atoms with van der Waals surface area (Å²) in [5, 5.41) is 0. The van der Waals surface area contributed by atoms with Crippen LogP contribution in [0.5, 0.6) is 5.75 Å². The Kier molecular flexibility index (Phi) is 9.16. The standard InChI is InChI=1S/C30H39F3O2/c1-3-34-24-14-12-23(13-15-24)26-17-16-25(29(32)30(26)33)22-10-7-20(8-11-22)5-6-21-9-18-28(35-4-2)27(31)19-21/h9,16-20,22-24H,3-8,10-15H2,1-2H3. The fraction of sp³-hybridized carbons (Fsp3) is 0.600. The Bertz CT molecular complexity index is 960. The number of rotatable bonds is 9. The quantitative estimate of drug-likeness (QED) is 0.352. The molecule has 2 aromatic carbocycles. The predicted octanol–water partition coefficient (Wildman–Crippen LogP) is 8.47. The second kappa shape index (κ2) is 12.3. The maximum Gasteiger partial charge on any atom is 0.165 e. The lowest BCUT2D eigenvalue weighted by Crippen LogP contribution is -2.22. The molecule has 2 fully saturated rings. The van der Waals surface area contributed by atoms with Gasteiger partial charge in [-0.05, 0) is 125 Å². The van der Waals surface area contributed by atoms with Gasteiger partial charge in [0, 0.05) is 6.61 Å². The minimum Gasteiger partial charge on any atom is -0.491 e. The van der Waals surface area contributed by atoms with Crippen molar-refractivity contribution in [3.05, 3.63) is 64.5 Å². The van der Waals surface area contributed by atoms with Crippen LogP contribution < -0.4 is 4.74 Å². The first-order valence-electron chi connectivity index (χ1n) is 13.5. The molecule has 0 amide bonds. The number of aryl methyl sites for hydroxylation is 1. The fourth-order valence-corrected chi connectivity index (χ4v) is 6.09. The molecule has 0 aromatic heterocycles. The smallest absolute Gasteiger partial charge is 0.165 e. The monoisotopic (exact) mass is 488 g/mol. The van der Waals surface area contributed by atoms with Crippen LogP contribution in [0.3, 0.4) is 0 Å². The van der Waals surface area contributed by atoms with Crippen LogP contribution in [0.4, 0.5) is 13.2 Å². The highest BCUT2D eigenvalue weighted by atomic mass is 19.2. The molecule has 0 saturated heterocycles. The summed E-state index contributed by atoms with van der Waals surface area (Å²) >= 11 is 0. The van der Waals surface area contributed by atoms with Gasteiger partial charge in [0.15, 0.2) is 23.2 Å². The Labute approximate surface area is 208 Å². The summed E-state index contributed by atoms with van der Waals surface area (Å²) in [6, 6.07) is 8.89. The maximum absolute atomic E-state index is 15.1. The first-order valence-corrected chi connectivity index (χ1v) is 13.5. The van der Waals surface area contributed by atoms with E-state index >= 15 is 8.78 Å². The third-order valence-corrected chi connectivity index (χ3v) is 8.08. The number of halogens is 3. The Morgan fingerprint density at radius 1 is 0.743 bits per heavy atom. The summed E-state index contributed by atoms with van der Waals surface area (Å²) in [6.45, 7) is 4.99. The lowest BCUT2D eigenvalue weighted by molar-refractivity contribution is 0.0325. The van der Waals surface area contributed by atoms with Gasteiger partial charge in [-0.2, -0.15) is 0 Å². The van der Waals surface area contributed by atoms with Crippen molar-refractivity contribution in [2.45, 2.75) is 96.0 Å². The van der Waals surface area contributed by atoms with Crippen LogP contribution in [0, 0.1) is 23.4 Å². The number of hydrogen-bond donors (Lipinski definition) is 0. The Morgan fingerprint density at radius 3 is 1.89 bits per heavy atom. The Balaban J connectivity index is 1.30. The first kappa shape index (κ1) is 26.1. The molecule has 2 aromatic rings. The lowest BCUT2D eigenvalue weighted by atomic mass is 9.76. The van der Waals surface area contributed by atoms with Crippen LogP contribution in [0.2, 0.25) is 0 Å². The topological polar surface area (TPSA) is 18.5 Å². The van der Waals surface area contributed by atoms with Crippen molar-refractivity contribution < 1.29 is 22.6 Å². The second-order valence-electron chi connectivity index (χ2n) is 10.3. The normalized spacial score (nSPS) is 24.9. The number of hydrogen-bond acceptors (Lipinski definition) is 2. The zero-order valence-corrected chi connectivity index (χ0v) is 21.1. The number of ether oxygens (including phenoxy) is 2. The molecule has 5 heteroatoms. The molecular weight excluding hydrogens is 449 g/mol. The van der Waals surface area contributed by atoms with Crippen molar-refractivity contribution in [1.29, 1.82) is 0 Å². The molecule has 0 radical (unpaired) electrons. The van der Waals surface area contributed by atoms with Crippen molar-refractivity contribution in [3.63, 3.8) is 0 Å². The van der Waals surface area contributed by atoms with Gasteiger partial charge in [-0.15, -0.1) is 0 Å². The van der Waals surface area contributed by atoms with Gasteiger partial charge in [0.25, 0.3) is 0 Å². The predicted molar refractivity (Wildman–Crippen MR) is 134 cm³/mol. The molecule has 0 N–H and O–H groups in total. The summed E-state index contributed by atoms with van der Waals surface area (Å²) in [6.07, 6.45) is 9.32. The molecule has 2 aliphatic rings. The summed E-state index contributed by atoms with van der Waals surface area (Å²) in [7, 11) is 0. The molecule has 2 aliphatic carbocycles. The van der Waals surface area contributed by atoms with Crippen LogP contribution in [0.15, 0.2) is 30.3 Å². The van der Waals surface area contributed by atoms with Gasteiger partial charge in [0.05, 0.1) is 12.7 Å². The molecule has 0 bridgehead atoms. The first-order chi connectivity index (χ1) is 17.0. The molecule has 0 atom stereocenters. The van der Waals surface area contributed by atoms with Gasteiger partial charge >= 0.3 is 0 Å². The van der Waals surface area contributed by atoms with Gasteiger partial charge in [-0.3, -0.25) is 0 Å². The summed E-state index contributed by atoms with van der Waals surface area (Å²) < 4.78 is 55.3. The third kappa shape index (κ3) is 6.41. The largest absolute Gasteiger partial charge is 0.491 e. The van der Waals surface area contributed by atoms with Crippen LogP contribution >= 0.6 is 0 Å². The molecule has 0 heterocycles. The average Bonchev–Trinajstić information content (AvgIpc) is 2.87. The maximum atomic E-state index is 15.1. The van der Waals surface area contributed by atoms with Crippen molar-refractivity contribution in [2.24, 2.45) is 5.92 Å². The van der Waals surface area contributed by atoms with E-state index in [4.69, 9.17) is 9.47 Å². The molecular formula is C30H39F3O2. The van der Waals surface area contributed by atoms with Gasteiger partial charge in [-0.25, -0.2) is 13.2 Å². The van der Waals surface area contributed by atoms with E-state index in [1.54, 1.807) is 12.1 Å². The molecule has 0 unspecified atom stereocenters. The van der Waals surface area contributed by atoms with Gasteiger partial charge in [0.1, 0.15) is 0 Å². The minimum atomic E-state index is -0.637. The van der Waals surface area contributed by atoms with Crippen molar-refractivity contribution in [2.75, 3.05) is 13.2 Å². The molecule has 2 nitrogen and oxygen atoms in total.